The highest BCUT2D eigenvalue weighted by Crippen LogP contribution is 2.22. The molecule has 0 radical (unpaired) electrons. The average molecular weight is 282 g/mol. The van der Waals surface area contributed by atoms with Crippen molar-refractivity contribution in [3.8, 4) is 0 Å². The maximum Gasteiger partial charge on any atom is 0.218 e. The predicted octanol–water partition coefficient (Wildman–Crippen LogP) is 3.43. The van der Waals surface area contributed by atoms with Crippen LogP contribution in [0.2, 0.25) is 0 Å². The van der Waals surface area contributed by atoms with E-state index in [0.29, 0.717) is 5.82 Å². The van der Waals surface area contributed by atoms with Crippen molar-refractivity contribution < 1.29 is 4.39 Å². The standard InChI is InChI=1S/C11H9BrFN3/c1-7-4-8(2-3-9(7)12)16-11-5-10(13)14-6-15-11/h2-6H,1H3,(H,14,15,16). The fourth-order valence-corrected chi connectivity index (χ4v) is 1.52. The fourth-order valence-electron chi connectivity index (χ4n) is 1.27. The quantitative estimate of drug-likeness (QED) is 0.857. The van der Waals surface area contributed by atoms with Crippen LogP contribution >= 0.6 is 15.9 Å². The monoisotopic (exact) mass is 281 g/mol. The Bertz CT molecular complexity index is 516. The lowest BCUT2D eigenvalue weighted by molar-refractivity contribution is 0.580. The Kier molecular flexibility index (Phi) is 3.14. The largest absolute Gasteiger partial charge is 0.340 e. The number of halogens is 2. The highest BCUT2D eigenvalue weighted by Gasteiger charge is 2.00. The zero-order chi connectivity index (χ0) is 11.5. The normalized spacial score (nSPS) is 10.2. The molecule has 16 heavy (non-hydrogen) atoms. The van der Waals surface area contributed by atoms with Crippen LogP contribution in [0, 0.1) is 12.9 Å². The summed E-state index contributed by atoms with van der Waals surface area (Å²) in [5, 5.41) is 3.00. The zero-order valence-electron chi connectivity index (χ0n) is 8.54. The van der Waals surface area contributed by atoms with E-state index in [4.69, 9.17) is 0 Å². The number of anilines is 2. The van der Waals surface area contributed by atoms with Crippen molar-refractivity contribution in [3.05, 3.63) is 46.6 Å². The number of nitrogens with one attached hydrogen (secondary N) is 1. The topological polar surface area (TPSA) is 37.8 Å². The second-order valence-corrected chi connectivity index (χ2v) is 4.17. The third kappa shape index (κ3) is 2.55. The summed E-state index contributed by atoms with van der Waals surface area (Å²) in [6.45, 7) is 1.98. The van der Waals surface area contributed by atoms with Gasteiger partial charge < -0.3 is 5.32 Å². The first-order valence-corrected chi connectivity index (χ1v) is 5.45. The first-order chi connectivity index (χ1) is 7.65. The number of benzene rings is 1. The van der Waals surface area contributed by atoms with Crippen LogP contribution in [-0.2, 0) is 0 Å². The molecule has 2 aromatic rings. The lowest BCUT2D eigenvalue weighted by Crippen LogP contribution is -1.96. The van der Waals surface area contributed by atoms with Crippen molar-refractivity contribution in [2.45, 2.75) is 6.92 Å². The summed E-state index contributed by atoms with van der Waals surface area (Å²) in [4.78, 5) is 7.30. The Morgan fingerprint density at radius 2 is 2.06 bits per heavy atom. The van der Waals surface area contributed by atoms with Crippen LogP contribution in [0.25, 0.3) is 0 Å². The molecule has 0 fully saturated rings. The molecule has 1 heterocycles. The van der Waals surface area contributed by atoms with Crippen LogP contribution in [0.1, 0.15) is 5.56 Å². The Balaban J connectivity index is 2.24. The fraction of sp³-hybridized carbons (Fsp3) is 0.0909. The lowest BCUT2D eigenvalue weighted by Gasteiger charge is -2.06. The molecule has 0 aliphatic carbocycles. The van der Waals surface area contributed by atoms with E-state index >= 15 is 0 Å². The number of hydrogen-bond acceptors (Lipinski definition) is 3. The highest BCUT2D eigenvalue weighted by atomic mass is 79.9. The van der Waals surface area contributed by atoms with E-state index < -0.39 is 5.95 Å². The molecular weight excluding hydrogens is 273 g/mol. The van der Waals surface area contributed by atoms with Crippen molar-refractivity contribution in [3.63, 3.8) is 0 Å². The van der Waals surface area contributed by atoms with Gasteiger partial charge in [-0.05, 0) is 30.7 Å². The Morgan fingerprint density at radius 1 is 1.25 bits per heavy atom. The van der Waals surface area contributed by atoms with Crippen molar-refractivity contribution >= 4 is 27.4 Å². The molecule has 1 aromatic carbocycles. The lowest BCUT2D eigenvalue weighted by atomic mass is 10.2. The third-order valence-electron chi connectivity index (χ3n) is 2.06. The number of aromatic nitrogens is 2. The van der Waals surface area contributed by atoms with Crippen LogP contribution in [0.5, 0.6) is 0 Å². The SMILES string of the molecule is Cc1cc(Nc2cc(F)ncn2)ccc1Br. The van der Waals surface area contributed by atoms with E-state index in [-0.39, 0.29) is 0 Å². The van der Waals surface area contributed by atoms with Gasteiger partial charge in [-0.15, -0.1) is 0 Å². The number of aryl methyl sites for hydroxylation is 1. The number of hydrogen-bond donors (Lipinski definition) is 1. The molecule has 2 rings (SSSR count). The van der Waals surface area contributed by atoms with Gasteiger partial charge in [-0.25, -0.2) is 9.97 Å². The molecule has 0 unspecified atom stereocenters. The van der Waals surface area contributed by atoms with Gasteiger partial charge in [-0.2, -0.15) is 4.39 Å². The number of rotatable bonds is 2. The van der Waals surface area contributed by atoms with Gasteiger partial charge in [0.15, 0.2) is 0 Å². The van der Waals surface area contributed by atoms with E-state index in [1.54, 1.807) is 0 Å². The first-order valence-electron chi connectivity index (χ1n) is 4.66. The average Bonchev–Trinajstić information content (AvgIpc) is 2.24. The molecule has 1 aromatic heterocycles. The van der Waals surface area contributed by atoms with Gasteiger partial charge in [-0.3, -0.25) is 0 Å². The smallest absolute Gasteiger partial charge is 0.218 e. The Morgan fingerprint density at radius 3 is 2.75 bits per heavy atom. The maximum absolute atomic E-state index is 12.8. The summed E-state index contributed by atoms with van der Waals surface area (Å²) in [5.74, 6) is -0.111. The summed E-state index contributed by atoms with van der Waals surface area (Å²) < 4.78 is 13.8. The van der Waals surface area contributed by atoms with Crippen LogP contribution in [-0.4, -0.2) is 9.97 Å². The summed E-state index contributed by atoms with van der Waals surface area (Å²) in [5.41, 5.74) is 1.96. The van der Waals surface area contributed by atoms with Crippen molar-refractivity contribution in [1.29, 1.82) is 0 Å². The second kappa shape index (κ2) is 4.57. The van der Waals surface area contributed by atoms with E-state index in [1.807, 2.05) is 25.1 Å². The van der Waals surface area contributed by atoms with Crippen molar-refractivity contribution in [2.24, 2.45) is 0 Å². The van der Waals surface area contributed by atoms with Gasteiger partial charge in [-0.1, -0.05) is 15.9 Å². The summed E-state index contributed by atoms with van der Waals surface area (Å²) in [6.07, 6.45) is 1.18. The molecular formula is C11H9BrFN3. The third-order valence-corrected chi connectivity index (χ3v) is 2.95. The minimum atomic E-state index is -0.550. The molecule has 1 N–H and O–H groups in total. The number of nitrogens with zero attached hydrogens (tertiary/aromatic N) is 2. The zero-order valence-corrected chi connectivity index (χ0v) is 10.1. The van der Waals surface area contributed by atoms with Gasteiger partial charge in [0, 0.05) is 16.2 Å². The summed E-state index contributed by atoms with van der Waals surface area (Å²) in [6, 6.07) is 7.01. The molecule has 0 saturated heterocycles. The molecule has 0 atom stereocenters. The molecule has 5 heteroatoms. The van der Waals surface area contributed by atoms with Gasteiger partial charge >= 0.3 is 0 Å². The molecule has 0 amide bonds. The summed E-state index contributed by atoms with van der Waals surface area (Å²) in [7, 11) is 0. The van der Waals surface area contributed by atoms with E-state index in [0.717, 1.165) is 15.7 Å². The van der Waals surface area contributed by atoms with Crippen molar-refractivity contribution in [2.75, 3.05) is 5.32 Å². The Hall–Kier alpha value is -1.49. The molecule has 0 spiro atoms. The minimum Gasteiger partial charge on any atom is -0.340 e. The summed E-state index contributed by atoms with van der Waals surface area (Å²) >= 11 is 3.41. The predicted molar refractivity (Wildman–Crippen MR) is 64.2 cm³/mol. The van der Waals surface area contributed by atoms with E-state index in [2.05, 4.69) is 31.2 Å². The van der Waals surface area contributed by atoms with Gasteiger partial charge in [0.25, 0.3) is 0 Å². The molecule has 0 saturated carbocycles. The van der Waals surface area contributed by atoms with E-state index in [1.165, 1.54) is 12.4 Å². The second-order valence-electron chi connectivity index (χ2n) is 3.31. The first kappa shape index (κ1) is 11.0. The van der Waals surface area contributed by atoms with Crippen LogP contribution in [0.3, 0.4) is 0 Å². The van der Waals surface area contributed by atoms with E-state index in [9.17, 15) is 4.39 Å². The van der Waals surface area contributed by atoms with Gasteiger partial charge in [0.05, 0.1) is 0 Å². The van der Waals surface area contributed by atoms with Gasteiger partial charge in [0.1, 0.15) is 12.1 Å². The maximum atomic E-state index is 12.8. The van der Waals surface area contributed by atoms with Gasteiger partial charge in [0.2, 0.25) is 5.95 Å². The molecule has 0 bridgehead atoms. The van der Waals surface area contributed by atoms with Crippen LogP contribution in [0.4, 0.5) is 15.9 Å². The molecule has 82 valence electrons. The minimum absolute atomic E-state index is 0.439. The molecule has 0 aliphatic heterocycles. The van der Waals surface area contributed by atoms with Crippen molar-refractivity contribution in [1.82, 2.24) is 9.97 Å². The van der Waals surface area contributed by atoms with Crippen LogP contribution < -0.4 is 5.32 Å². The van der Waals surface area contributed by atoms with Crippen LogP contribution in [0.15, 0.2) is 35.1 Å². The molecule has 3 nitrogen and oxygen atoms in total. The Labute approximate surface area is 101 Å². The highest BCUT2D eigenvalue weighted by molar-refractivity contribution is 9.10. The molecule has 0 aliphatic rings.